The molecule has 1 atom stereocenters. The Morgan fingerprint density at radius 3 is 1.28 bits per heavy atom. The highest BCUT2D eigenvalue weighted by molar-refractivity contribution is 5.79. The zero-order valence-corrected chi connectivity index (χ0v) is 22.8. The molecule has 1 aliphatic rings. The summed E-state index contributed by atoms with van der Waals surface area (Å²) >= 11 is 0. The first-order valence-corrected chi connectivity index (χ1v) is 12.9. The zero-order chi connectivity index (χ0) is 26.6. The molecule has 7 heteroatoms. The molecule has 1 amide bonds. The van der Waals surface area contributed by atoms with Gasteiger partial charge < -0.3 is 29.4 Å². The number of rotatable bonds is 11. The Morgan fingerprint density at radius 2 is 1.03 bits per heavy atom. The number of carbonyl (C=O) groups is 1. The number of benzene rings is 2. The number of carbonyl (C=O) groups excluding carboxylic acids is 1. The summed E-state index contributed by atoms with van der Waals surface area (Å²) in [5.74, 6) is 2.21. The number of ether oxygens (including phenoxy) is 4. The van der Waals surface area contributed by atoms with Gasteiger partial charge in [0, 0.05) is 18.6 Å². The third kappa shape index (κ3) is 6.84. The Morgan fingerprint density at radius 1 is 0.694 bits per heavy atom. The van der Waals surface area contributed by atoms with Gasteiger partial charge in [0.2, 0.25) is 5.91 Å². The molecule has 198 valence electrons. The van der Waals surface area contributed by atoms with E-state index >= 15 is 0 Å². The maximum atomic E-state index is 12.6. The molecule has 0 radical (unpaired) electrons. The van der Waals surface area contributed by atoms with Crippen LogP contribution in [0.1, 0.15) is 79.4 Å². The first-order chi connectivity index (χ1) is 16.9. The molecule has 7 nitrogen and oxygen atoms in total. The third-order valence-corrected chi connectivity index (χ3v) is 5.63. The molecule has 0 aliphatic carbocycles. The normalized spacial score (nSPS) is 16.1. The van der Waals surface area contributed by atoms with E-state index in [9.17, 15) is 9.90 Å². The van der Waals surface area contributed by atoms with Crippen LogP contribution >= 0.6 is 0 Å². The van der Waals surface area contributed by atoms with E-state index in [4.69, 9.17) is 18.9 Å². The third-order valence-electron chi connectivity index (χ3n) is 5.63. The van der Waals surface area contributed by atoms with E-state index in [-0.39, 0.29) is 30.3 Å². The number of hydrogen-bond donors (Lipinski definition) is 2. The molecule has 2 aromatic carbocycles. The molecule has 0 bridgehead atoms. The van der Waals surface area contributed by atoms with E-state index in [1.807, 2.05) is 91.8 Å². The lowest BCUT2D eigenvalue weighted by Gasteiger charge is -2.36. The largest absolute Gasteiger partial charge is 0.491 e. The molecule has 1 heterocycles. The molecule has 3 rings (SSSR count). The molecule has 0 unspecified atom stereocenters. The van der Waals surface area contributed by atoms with Crippen molar-refractivity contribution in [3.63, 3.8) is 0 Å². The van der Waals surface area contributed by atoms with Crippen molar-refractivity contribution >= 4 is 5.91 Å². The average Bonchev–Trinajstić information content (AvgIpc) is 3.17. The number of hydrogen-bond acceptors (Lipinski definition) is 6. The minimum atomic E-state index is -1.59. The quantitative estimate of drug-likeness (QED) is 0.433. The van der Waals surface area contributed by atoms with E-state index in [0.717, 1.165) is 0 Å². The van der Waals surface area contributed by atoms with Gasteiger partial charge in [0.15, 0.2) is 0 Å². The highest BCUT2D eigenvalue weighted by Gasteiger charge is 2.45. The van der Waals surface area contributed by atoms with E-state index < -0.39 is 11.6 Å². The van der Waals surface area contributed by atoms with Crippen LogP contribution in [-0.2, 0) is 10.4 Å². The lowest BCUT2D eigenvalue weighted by molar-refractivity contribution is -0.120. The molecule has 2 N–H and O–H groups in total. The predicted octanol–water partition coefficient (Wildman–Crippen LogP) is 5.35. The second kappa shape index (κ2) is 11.4. The summed E-state index contributed by atoms with van der Waals surface area (Å²) in [5.41, 5.74) is -0.482. The van der Waals surface area contributed by atoms with Crippen molar-refractivity contribution in [3.05, 3.63) is 47.5 Å². The lowest BCUT2D eigenvalue weighted by Crippen LogP contribution is -2.47. The standard InChI is InChI=1S/C29H41NO6/c1-17(2)33-23-11-21(12-24(15-23)34-18(3)4)29(32,27-9-10-28(31)30-27)22-13-25(35-19(5)6)16-26(14-22)36-20(7)8/h11-20,27,32H,9-10H2,1-8H3,(H,30,31)/t27-/m1/s1. The molecule has 1 saturated heterocycles. The van der Waals surface area contributed by atoms with Crippen LogP contribution < -0.4 is 24.3 Å². The number of amides is 1. The van der Waals surface area contributed by atoms with Gasteiger partial charge in [-0.3, -0.25) is 4.79 Å². The van der Waals surface area contributed by atoms with Crippen LogP contribution in [-0.4, -0.2) is 41.5 Å². The van der Waals surface area contributed by atoms with Crippen molar-refractivity contribution in [2.45, 2.75) is 104 Å². The summed E-state index contributed by atoms with van der Waals surface area (Å²) in [4.78, 5) is 12.3. The van der Waals surface area contributed by atoms with Gasteiger partial charge >= 0.3 is 0 Å². The summed E-state index contributed by atoms with van der Waals surface area (Å²) in [6, 6.07) is 10.3. The zero-order valence-electron chi connectivity index (χ0n) is 22.8. The van der Waals surface area contributed by atoms with E-state index in [1.165, 1.54) is 0 Å². The van der Waals surface area contributed by atoms with Gasteiger partial charge in [-0.25, -0.2) is 0 Å². The van der Waals surface area contributed by atoms with Gasteiger partial charge in [-0.2, -0.15) is 0 Å². The second-order valence-corrected chi connectivity index (χ2v) is 10.5. The summed E-state index contributed by atoms with van der Waals surface area (Å²) in [6.45, 7) is 15.6. The SMILES string of the molecule is CC(C)Oc1cc(OC(C)C)cc(C(O)(c2cc(OC(C)C)cc(OC(C)C)c2)[C@H]2CCC(=O)N2)c1. The summed E-state index contributed by atoms with van der Waals surface area (Å²) < 4.78 is 24.1. The Hall–Kier alpha value is -2.93. The van der Waals surface area contributed by atoms with Gasteiger partial charge in [-0.05, 0) is 97.2 Å². The molecule has 0 aromatic heterocycles. The molecular weight excluding hydrogens is 458 g/mol. The fourth-order valence-corrected chi connectivity index (χ4v) is 4.44. The first-order valence-electron chi connectivity index (χ1n) is 12.9. The minimum Gasteiger partial charge on any atom is -0.491 e. The summed E-state index contributed by atoms with van der Waals surface area (Å²) in [6.07, 6.45) is 0.531. The molecule has 1 aliphatic heterocycles. The van der Waals surface area contributed by atoms with Gasteiger partial charge in [-0.1, -0.05) is 0 Å². The van der Waals surface area contributed by atoms with Crippen LogP contribution in [0.4, 0.5) is 0 Å². The Balaban J connectivity index is 2.25. The Kier molecular flexibility index (Phi) is 8.77. The summed E-state index contributed by atoms with van der Waals surface area (Å²) in [5, 5.41) is 15.5. The summed E-state index contributed by atoms with van der Waals surface area (Å²) in [7, 11) is 0. The van der Waals surface area contributed by atoms with Crippen LogP contribution in [0.2, 0.25) is 0 Å². The molecule has 0 spiro atoms. The van der Waals surface area contributed by atoms with Gasteiger partial charge in [0.05, 0.1) is 30.5 Å². The number of nitrogens with one attached hydrogen (secondary N) is 1. The van der Waals surface area contributed by atoms with Crippen molar-refractivity contribution in [1.29, 1.82) is 0 Å². The fraction of sp³-hybridized carbons (Fsp3) is 0.552. The maximum absolute atomic E-state index is 12.6. The fourth-order valence-electron chi connectivity index (χ4n) is 4.44. The van der Waals surface area contributed by atoms with E-state index in [0.29, 0.717) is 47.0 Å². The van der Waals surface area contributed by atoms with Crippen LogP contribution in [0.3, 0.4) is 0 Å². The van der Waals surface area contributed by atoms with Crippen LogP contribution in [0.25, 0.3) is 0 Å². The molecular formula is C29H41NO6. The van der Waals surface area contributed by atoms with Crippen LogP contribution in [0.15, 0.2) is 36.4 Å². The first kappa shape index (κ1) is 27.7. The lowest BCUT2D eigenvalue weighted by atomic mass is 9.79. The van der Waals surface area contributed by atoms with Gasteiger partial charge in [0.1, 0.15) is 28.6 Å². The van der Waals surface area contributed by atoms with E-state index in [2.05, 4.69) is 5.32 Å². The van der Waals surface area contributed by atoms with Gasteiger partial charge in [0.25, 0.3) is 0 Å². The van der Waals surface area contributed by atoms with Crippen molar-refractivity contribution in [1.82, 2.24) is 5.32 Å². The van der Waals surface area contributed by atoms with Gasteiger partial charge in [-0.15, -0.1) is 0 Å². The predicted molar refractivity (Wildman–Crippen MR) is 140 cm³/mol. The average molecular weight is 500 g/mol. The maximum Gasteiger partial charge on any atom is 0.220 e. The second-order valence-electron chi connectivity index (χ2n) is 10.5. The van der Waals surface area contributed by atoms with Crippen LogP contribution in [0.5, 0.6) is 23.0 Å². The highest BCUT2D eigenvalue weighted by atomic mass is 16.5. The molecule has 0 saturated carbocycles. The van der Waals surface area contributed by atoms with Crippen molar-refractivity contribution in [3.8, 4) is 23.0 Å². The van der Waals surface area contributed by atoms with Crippen molar-refractivity contribution in [2.75, 3.05) is 0 Å². The van der Waals surface area contributed by atoms with E-state index in [1.54, 1.807) is 0 Å². The highest BCUT2D eigenvalue weighted by Crippen LogP contribution is 2.43. The molecule has 36 heavy (non-hydrogen) atoms. The topological polar surface area (TPSA) is 86.2 Å². The minimum absolute atomic E-state index is 0.0692. The smallest absolute Gasteiger partial charge is 0.220 e. The molecule has 1 fully saturated rings. The van der Waals surface area contributed by atoms with Crippen molar-refractivity contribution in [2.24, 2.45) is 0 Å². The molecule has 2 aromatic rings. The van der Waals surface area contributed by atoms with Crippen molar-refractivity contribution < 1.29 is 28.8 Å². The Labute approximate surface area is 215 Å². The van der Waals surface area contributed by atoms with Crippen LogP contribution in [0, 0.1) is 0 Å². The number of aliphatic hydroxyl groups is 1. The monoisotopic (exact) mass is 499 g/mol. The Bertz CT molecular complexity index is 922.